The Morgan fingerprint density at radius 2 is 2.21 bits per heavy atom. The molecule has 3 heterocycles. The van der Waals surface area contributed by atoms with Gasteiger partial charge in [0.15, 0.2) is 5.82 Å². The molecule has 0 bridgehead atoms. The molecule has 0 aromatic carbocycles. The minimum absolute atomic E-state index is 0.305. The van der Waals surface area contributed by atoms with Crippen LogP contribution in [-0.2, 0) is 17.8 Å². The first-order valence-electron chi connectivity index (χ1n) is 6.32. The molecule has 0 saturated carbocycles. The molecule has 0 N–H and O–H groups in total. The highest BCUT2D eigenvalue weighted by Gasteiger charge is 2.19. The van der Waals surface area contributed by atoms with Crippen molar-refractivity contribution in [2.45, 2.75) is 32.9 Å². The van der Waals surface area contributed by atoms with Crippen LogP contribution in [0.5, 0.6) is 0 Å². The van der Waals surface area contributed by atoms with E-state index in [-0.39, 0.29) is 0 Å². The molecule has 2 aromatic heterocycles. The van der Waals surface area contributed by atoms with Gasteiger partial charge in [0.05, 0.1) is 31.4 Å². The molecule has 6 heteroatoms. The van der Waals surface area contributed by atoms with Crippen LogP contribution in [0.15, 0.2) is 12.5 Å². The molecule has 0 fully saturated rings. The maximum atomic E-state index is 6.24. The van der Waals surface area contributed by atoms with E-state index < -0.39 is 0 Å². The monoisotopic (exact) mass is 278 g/mol. The van der Waals surface area contributed by atoms with Crippen LogP contribution in [0.3, 0.4) is 0 Å². The number of rotatable bonds is 2. The number of hydrogen-bond acceptors (Lipinski definition) is 4. The molecule has 100 valence electrons. The van der Waals surface area contributed by atoms with Crippen molar-refractivity contribution in [1.29, 1.82) is 0 Å². The van der Waals surface area contributed by atoms with Crippen molar-refractivity contribution in [3.63, 3.8) is 0 Å². The van der Waals surface area contributed by atoms with Gasteiger partial charge in [0.2, 0.25) is 0 Å². The number of hydrogen-bond donors (Lipinski definition) is 0. The van der Waals surface area contributed by atoms with Crippen molar-refractivity contribution in [3.05, 3.63) is 28.9 Å². The first-order chi connectivity index (χ1) is 9.16. The van der Waals surface area contributed by atoms with Crippen molar-refractivity contribution in [3.8, 4) is 11.5 Å². The van der Waals surface area contributed by atoms with E-state index >= 15 is 0 Å². The summed E-state index contributed by atoms with van der Waals surface area (Å²) in [7, 11) is 0. The summed E-state index contributed by atoms with van der Waals surface area (Å²) in [5, 5.41) is 0.483. The third-order valence-electron chi connectivity index (χ3n) is 3.22. The maximum Gasteiger partial charge on any atom is 0.179 e. The lowest BCUT2D eigenvalue weighted by Crippen LogP contribution is -2.14. The fourth-order valence-electron chi connectivity index (χ4n) is 2.20. The molecular weight excluding hydrogens is 264 g/mol. The Kier molecular flexibility index (Phi) is 3.24. The van der Waals surface area contributed by atoms with Crippen molar-refractivity contribution in [2.75, 3.05) is 6.61 Å². The molecule has 0 saturated heterocycles. The van der Waals surface area contributed by atoms with E-state index in [2.05, 4.69) is 28.8 Å². The molecule has 0 spiro atoms. The van der Waals surface area contributed by atoms with Gasteiger partial charge < -0.3 is 9.30 Å². The van der Waals surface area contributed by atoms with Gasteiger partial charge in [-0.1, -0.05) is 11.6 Å². The number of halogens is 1. The zero-order valence-electron chi connectivity index (χ0n) is 10.9. The number of imidazole rings is 1. The topological polar surface area (TPSA) is 52.8 Å². The highest BCUT2D eigenvalue weighted by atomic mass is 35.5. The minimum atomic E-state index is 0.305. The molecule has 0 radical (unpaired) electrons. The van der Waals surface area contributed by atoms with E-state index in [9.17, 15) is 0 Å². The molecule has 0 atom stereocenters. The van der Waals surface area contributed by atoms with Gasteiger partial charge in [0, 0.05) is 18.0 Å². The van der Waals surface area contributed by atoms with Gasteiger partial charge in [-0.15, -0.1) is 0 Å². The molecule has 0 aliphatic carbocycles. The van der Waals surface area contributed by atoms with E-state index in [4.69, 9.17) is 16.3 Å². The number of nitrogens with zero attached hydrogens (tertiary/aromatic N) is 4. The lowest BCUT2D eigenvalue weighted by Gasteiger charge is -2.18. The average Bonchev–Trinajstić information content (AvgIpc) is 2.88. The summed E-state index contributed by atoms with van der Waals surface area (Å²) in [6.45, 7) is 5.37. The minimum Gasteiger partial charge on any atom is -0.376 e. The van der Waals surface area contributed by atoms with Gasteiger partial charge in [-0.05, 0) is 13.8 Å². The highest BCUT2D eigenvalue weighted by Crippen LogP contribution is 2.26. The summed E-state index contributed by atoms with van der Waals surface area (Å²) >= 11 is 6.24. The number of fused-ring (bicyclic) bond motifs is 1. The SMILES string of the molecule is CC(C)n1cncc1-c1nc(Cl)c2c(n1)CCOC2. The van der Waals surface area contributed by atoms with Gasteiger partial charge in [-0.25, -0.2) is 15.0 Å². The Labute approximate surface area is 116 Å². The maximum absolute atomic E-state index is 6.24. The Hall–Kier alpha value is -1.46. The third-order valence-corrected chi connectivity index (χ3v) is 3.54. The fourth-order valence-corrected chi connectivity index (χ4v) is 2.44. The molecule has 2 aromatic rings. The largest absolute Gasteiger partial charge is 0.376 e. The van der Waals surface area contributed by atoms with Crippen LogP contribution in [0.1, 0.15) is 31.1 Å². The molecule has 3 rings (SSSR count). The van der Waals surface area contributed by atoms with Crippen LogP contribution in [0, 0.1) is 0 Å². The van der Waals surface area contributed by atoms with Gasteiger partial charge >= 0.3 is 0 Å². The zero-order valence-corrected chi connectivity index (χ0v) is 11.7. The van der Waals surface area contributed by atoms with Crippen LogP contribution in [0.4, 0.5) is 0 Å². The second-order valence-electron chi connectivity index (χ2n) is 4.85. The first-order valence-corrected chi connectivity index (χ1v) is 6.70. The normalized spacial score (nSPS) is 14.7. The number of aromatic nitrogens is 4. The summed E-state index contributed by atoms with van der Waals surface area (Å²) in [4.78, 5) is 13.2. The third kappa shape index (κ3) is 2.24. The van der Waals surface area contributed by atoms with Crippen LogP contribution in [-0.4, -0.2) is 26.1 Å². The standard InChI is InChI=1S/C13H15ClN4O/c1-8(2)18-7-15-5-11(18)13-16-10-3-4-19-6-9(10)12(14)17-13/h5,7-8H,3-4,6H2,1-2H3. The summed E-state index contributed by atoms with van der Waals surface area (Å²) in [6.07, 6.45) is 4.34. The van der Waals surface area contributed by atoms with Crippen molar-refractivity contribution < 1.29 is 4.74 Å². The highest BCUT2D eigenvalue weighted by molar-refractivity contribution is 6.30. The Balaban J connectivity index is 2.10. The Bertz CT molecular complexity index is 609. The van der Waals surface area contributed by atoms with Crippen molar-refractivity contribution in [1.82, 2.24) is 19.5 Å². The van der Waals surface area contributed by atoms with Crippen LogP contribution < -0.4 is 0 Å². The summed E-state index contributed by atoms with van der Waals surface area (Å²) < 4.78 is 7.43. The van der Waals surface area contributed by atoms with E-state index in [1.54, 1.807) is 12.5 Å². The smallest absolute Gasteiger partial charge is 0.179 e. The molecule has 5 nitrogen and oxygen atoms in total. The summed E-state index contributed by atoms with van der Waals surface area (Å²) in [6, 6.07) is 0.305. The van der Waals surface area contributed by atoms with Gasteiger partial charge in [-0.3, -0.25) is 0 Å². The summed E-state index contributed by atoms with van der Waals surface area (Å²) in [5.41, 5.74) is 2.79. The van der Waals surface area contributed by atoms with E-state index in [1.165, 1.54) is 0 Å². The van der Waals surface area contributed by atoms with E-state index in [0.29, 0.717) is 30.2 Å². The quantitative estimate of drug-likeness (QED) is 0.793. The molecular formula is C13H15ClN4O. The second kappa shape index (κ2) is 4.90. The van der Waals surface area contributed by atoms with E-state index in [0.717, 1.165) is 23.4 Å². The predicted molar refractivity (Wildman–Crippen MR) is 72.0 cm³/mol. The Morgan fingerprint density at radius 1 is 1.37 bits per heavy atom. The lowest BCUT2D eigenvalue weighted by atomic mass is 10.1. The average molecular weight is 279 g/mol. The zero-order chi connectivity index (χ0) is 13.4. The van der Waals surface area contributed by atoms with Crippen molar-refractivity contribution >= 4 is 11.6 Å². The van der Waals surface area contributed by atoms with Crippen LogP contribution >= 0.6 is 11.6 Å². The molecule has 0 amide bonds. The molecule has 19 heavy (non-hydrogen) atoms. The molecule has 0 unspecified atom stereocenters. The van der Waals surface area contributed by atoms with E-state index in [1.807, 2.05) is 4.57 Å². The number of ether oxygens (including phenoxy) is 1. The molecule has 1 aliphatic heterocycles. The Morgan fingerprint density at radius 3 is 3.00 bits per heavy atom. The van der Waals surface area contributed by atoms with Gasteiger partial charge in [0.1, 0.15) is 10.8 Å². The molecule has 1 aliphatic rings. The lowest BCUT2D eigenvalue weighted by molar-refractivity contribution is 0.109. The summed E-state index contributed by atoms with van der Waals surface area (Å²) in [5.74, 6) is 0.636. The predicted octanol–water partition coefficient (Wildman–Crippen LogP) is 2.65. The fraction of sp³-hybridized carbons (Fsp3) is 0.462. The van der Waals surface area contributed by atoms with Crippen LogP contribution in [0.25, 0.3) is 11.5 Å². The van der Waals surface area contributed by atoms with Gasteiger partial charge in [0.25, 0.3) is 0 Å². The van der Waals surface area contributed by atoms with Crippen LogP contribution in [0.2, 0.25) is 5.15 Å². The first kappa shape index (κ1) is 12.6. The van der Waals surface area contributed by atoms with Gasteiger partial charge in [-0.2, -0.15) is 0 Å². The second-order valence-corrected chi connectivity index (χ2v) is 5.20. The van der Waals surface area contributed by atoms with Crippen molar-refractivity contribution in [2.24, 2.45) is 0 Å².